The van der Waals surface area contributed by atoms with Crippen molar-refractivity contribution in [2.75, 3.05) is 5.43 Å². The molecule has 3 aromatic rings. The van der Waals surface area contributed by atoms with Crippen LogP contribution in [0, 0.1) is 0 Å². The Hall–Kier alpha value is -4.25. The van der Waals surface area contributed by atoms with Crippen LogP contribution < -0.4 is 10.9 Å². The molecular weight excluding hydrogens is 396 g/mol. The van der Waals surface area contributed by atoms with Crippen LogP contribution in [0.3, 0.4) is 0 Å². The third-order valence-corrected chi connectivity index (χ3v) is 4.43. The third-order valence-electron chi connectivity index (χ3n) is 4.43. The lowest BCUT2D eigenvalue weighted by Crippen LogP contribution is -2.17. The first-order valence-electron chi connectivity index (χ1n) is 10.3. The number of hydrogen-bond donors (Lipinski definition) is 2. The van der Waals surface area contributed by atoms with Gasteiger partial charge < -0.3 is 0 Å². The topological polar surface area (TPSA) is 65.8 Å². The Morgan fingerprint density at radius 1 is 0.688 bits per heavy atom. The molecule has 5 nitrogen and oxygen atoms in total. The summed E-state index contributed by atoms with van der Waals surface area (Å²) in [5.74, 6) is -0.273. The zero-order valence-corrected chi connectivity index (χ0v) is 18.2. The molecule has 3 rings (SSSR count). The van der Waals surface area contributed by atoms with E-state index in [1.165, 1.54) is 0 Å². The van der Waals surface area contributed by atoms with E-state index in [9.17, 15) is 4.79 Å². The summed E-state index contributed by atoms with van der Waals surface area (Å²) < 4.78 is 0. The largest absolute Gasteiger partial charge is 0.279 e. The number of carbonyl (C=O) groups excluding carboxylic acids is 1. The Kier molecular flexibility index (Phi) is 8.28. The van der Waals surface area contributed by atoms with E-state index in [1.807, 2.05) is 80.6 Å². The molecule has 0 fully saturated rings. The normalized spacial score (nSPS) is 12.3. The molecule has 0 aliphatic carbocycles. The Balaban J connectivity index is 1.49. The van der Waals surface area contributed by atoms with Crippen molar-refractivity contribution < 1.29 is 4.79 Å². The summed E-state index contributed by atoms with van der Waals surface area (Å²) >= 11 is 0. The highest BCUT2D eigenvalue weighted by molar-refractivity contribution is 5.95. The molecule has 0 aromatic heterocycles. The number of hydrogen-bond acceptors (Lipinski definition) is 4. The second-order valence-electron chi connectivity index (χ2n) is 7.24. The highest BCUT2D eigenvalue weighted by atomic mass is 16.2. The summed E-state index contributed by atoms with van der Waals surface area (Å²) in [7, 11) is 0. The number of allylic oxidation sites excluding steroid dienone is 2. The summed E-state index contributed by atoms with van der Waals surface area (Å²) in [5, 5.41) is 8.27. The van der Waals surface area contributed by atoms with E-state index in [-0.39, 0.29) is 5.91 Å². The number of nitrogens with one attached hydrogen (secondary N) is 2. The monoisotopic (exact) mass is 422 g/mol. The molecular formula is C27H26N4O. The van der Waals surface area contributed by atoms with Gasteiger partial charge in [-0.1, -0.05) is 72.8 Å². The molecule has 3 aromatic carbocycles. The number of nitrogens with zero attached hydrogens (tertiary/aromatic N) is 2. The number of rotatable bonds is 8. The third kappa shape index (κ3) is 7.54. The van der Waals surface area contributed by atoms with Crippen LogP contribution in [0.2, 0.25) is 0 Å². The van der Waals surface area contributed by atoms with Crippen molar-refractivity contribution in [1.29, 1.82) is 0 Å². The van der Waals surface area contributed by atoms with Gasteiger partial charge in [0, 0.05) is 5.56 Å². The summed E-state index contributed by atoms with van der Waals surface area (Å²) in [6, 6.07) is 27.1. The van der Waals surface area contributed by atoms with Gasteiger partial charge in [0.25, 0.3) is 5.91 Å². The first-order valence-corrected chi connectivity index (χ1v) is 10.3. The zero-order valence-electron chi connectivity index (χ0n) is 18.2. The van der Waals surface area contributed by atoms with Crippen LogP contribution in [0.4, 0.5) is 5.69 Å². The van der Waals surface area contributed by atoms with Crippen molar-refractivity contribution in [3.8, 4) is 0 Å². The van der Waals surface area contributed by atoms with Crippen molar-refractivity contribution in [2.24, 2.45) is 10.2 Å². The van der Waals surface area contributed by atoms with Crippen LogP contribution in [0.15, 0.2) is 106 Å². The van der Waals surface area contributed by atoms with Gasteiger partial charge in [-0.05, 0) is 60.4 Å². The Morgan fingerprint density at radius 2 is 1.19 bits per heavy atom. The lowest BCUT2D eigenvalue weighted by atomic mass is 10.1. The summed E-state index contributed by atoms with van der Waals surface area (Å²) in [6.45, 7) is 3.92. The van der Waals surface area contributed by atoms with E-state index in [0.29, 0.717) is 5.56 Å². The second kappa shape index (κ2) is 11.8. The minimum atomic E-state index is -0.273. The molecule has 0 saturated heterocycles. The molecule has 0 heterocycles. The molecule has 2 N–H and O–H groups in total. The summed E-state index contributed by atoms with van der Waals surface area (Å²) in [6.07, 6.45) is 7.43. The maximum Gasteiger partial charge on any atom is 0.271 e. The quantitative estimate of drug-likeness (QED) is 0.345. The van der Waals surface area contributed by atoms with Gasteiger partial charge in [0.1, 0.15) is 0 Å². The van der Waals surface area contributed by atoms with E-state index in [4.69, 9.17) is 0 Å². The molecule has 0 aliphatic rings. The fraction of sp³-hybridized carbons (Fsp3) is 0.0741. The molecule has 0 radical (unpaired) electrons. The predicted octanol–water partition coefficient (Wildman–Crippen LogP) is 6.01. The van der Waals surface area contributed by atoms with Crippen LogP contribution in [-0.2, 0) is 0 Å². The molecule has 0 bridgehead atoms. The molecule has 0 saturated carbocycles. The van der Waals surface area contributed by atoms with E-state index >= 15 is 0 Å². The minimum absolute atomic E-state index is 0.273. The van der Waals surface area contributed by atoms with Crippen LogP contribution in [0.25, 0.3) is 12.2 Å². The maximum absolute atomic E-state index is 12.3. The first kappa shape index (κ1) is 22.4. The molecule has 0 unspecified atom stereocenters. The highest BCUT2D eigenvalue weighted by Gasteiger charge is 2.03. The van der Waals surface area contributed by atoms with Crippen molar-refractivity contribution in [1.82, 2.24) is 5.43 Å². The number of amides is 1. The van der Waals surface area contributed by atoms with Gasteiger partial charge in [0.2, 0.25) is 0 Å². The van der Waals surface area contributed by atoms with Crippen molar-refractivity contribution in [3.63, 3.8) is 0 Å². The van der Waals surface area contributed by atoms with Gasteiger partial charge in [-0.3, -0.25) is 10.2 Å². The van der Waals surface area contributed by atoms with E-state index in [0.717, 1.165) is 28.0 Å². The van der Waals surface area contributed by atoms with Gasteiger partial charge in [-0.15, -0.1) is 0 Å². The SMILES string of the molecule is CC(/C=N\NC(=O)c1ccc(N/N=C\C(C)=C\c2ccccc2)cc1)=C/c1ccccc1. The molecule has 1 amide bonds. The number of hydrazone groups is 2. The summed E-state index contributed by atoms with van der Waals surface area (Å²) in [5.41, 5.74) is 11.0. The second-order valence-corrected chi connectivity index (χ2v) is 7.24. The van der Waals surface area contributed by atoms with Crippen molar-refractivity contribution in [2.45, 2.75) is 13.8 Å². The van der Waals surface area contributed by atoms with Gasteiger partial charge >= 0.3 is 0 Å². The number of anilines is 1. The average Bonchev–Trinajstić information content (AvgIpc) is 2.81. The Labute approximate surface area is 188 Å². The Morgan fingerprint density at radius 3 is 1.72 bits per heavy atom. The smallest absolute Gasteiger partial charge is 0.271 e. The number of carbonyl (C=O) groups is 1. The predicted molar refractivity (Wildman–Crippen MR) is 135 cm³/mol. The fourth-order valence-corrected chi connectivity index (χ4v) is 2.86. The van der Waals surface area contributed by atoms with E-state index in [1.54, 1.807) is 36.7 Å². The molecule has 32 heavy (non-hydrogen) atoms. The van der Waals surface area contributed by atoms with Gasteiger partial charge in [-0.25, -0.2) is 5.43 Å². The number of benzene rings is 3. The molecule has 0 aliphatic heterocycles. The standard InChI is InChI=1S/C27H26N4O/c1-21(17-23-9-5-3-6-10-23)19-28-30-26-15-13-25(14-16-26)27(32)31-29-20-22(2)18-24-11-7-4-8-12-24/h3-20,30H,1-2H3,(H,31,32)/b21-17+,22-18-,28-19-,29-20-. The van der Waals surface area contributed by atoms with Crippen molar-refractivity contribution >= 4 is 36.2 Å². The van der Waals surface area contributed by atoms with E-state index < -0.39 is 0 Å². The fourth-order valence-electron chi connectivity index (χ4n) is 2.86. The van der Waals surface area contributed by atoms with Crippen LogP contribution >= 0.6 is 0 Å². The van der Waals surface area contributed by atoms with Crippen LogP contribution in [-0.4, -0.2) is 18.3 Å². The first-order chi connectivity index (χ1) is 15.6. The summed E-state index contributed by atoms with van der Waals surface area (Å²) in [4.78, 5) is 12.3. The van der Waals surface area contributed by atoms with Crippen molar-refractivity contribution in [3.05, 3.63) is 113 Å². The average molecular weight is 423 g/mol. The molecule has 5 heteroatoms. The Bertz CT molecular complexity index is 1130. The zero-order chi connectivity index (χ0) is 22.6. The van der Waals surface area contributed by atoms with Gasteiger partial charge in [0.15, 0.2) is 0 Å². The lowest BCUT2D eigenvalue weighted by molar-refractivity contribution is 0.0955. The highest BCUT2D eigenvalue weighted by Crippen LogP contribution is 2.10. The van der Waals surface area contributed by atoms with Gasteiger partial charge in [-0.2, -0.15) is 10.2 Å². The van der Waals surface area contributed by atoms with Gasteiger partial charge in [0.05, 0.1) is 18.1 Å². The minimum Gasteiger partial charge on any atom is -0.279 e. The van der Waals surface area contributed by atoms with Crippen LogP contribution in [0.5, 0.6) is 0 Å². The maximum atomic E-state index is 12.3. The lowest BCUT2D eigenvalue weighted by Gasteiger charge is -2.03. The van der Waals surface area contributed by atoms with Crippen LogP contribution in [0.1, 0.15) is 35.3 Å². The molecule has 160 valence electrons. The van der Waals surface area contributed by atoms with E-state index in [2.05, 4.69) is 27.1 Å². The molecule has 0 atom stereocenters. The molecule has 0 spiro atoms.